The Morgan fingerprint density at radius 2 is 1.75 bits per heavy atom. The summed E-state index contributed by atoms with van der Waals surface area (Å²) in [5.74, 6) is 3.65. The van der Waals surface area contributed by atoms with Crippen molar-refractivity contribution in [3.05, 3.63) is 18.0 Å². The quantitative estimate of drug-likeness (QED) is 0.824. The molecule has 1 aromatic rings. The summed E-state index contributed by atoms with van der Waals surface area (Å²) in [6, 6.07) is 0. The second-order valence-corrected chi connectivity index (χ2v) is 5.30. The van der Waals surface area contributed by atoms with E-state index >= 15 is 0 Å². The van der Waals surface area contributed by atoms with E-state index in [4.69, 9.17) is 0 Å². The summed E-state index contributed by atoms with van der Waals surface area (Å²) in [6.07, 6.45) is 9.52. The molecular weight excluding hydrogens is 198 g/mol. The highest BCUT2D eigenvalue weighted by Crippen LogP contribution is 2.49. The molecule has 86 valence electrons. The van der Waals surface area contributed by atoms with Crippen LogP contribution in [0.3, 0.4) is 0 Å². The molecule has 1 aromatic heterocycles. The van der Waals surface area contributed by atoms with E-state index in [2.05, 4.69) is 15.3 Å². The predicted octanol–water partition coefficient (Wildman–Crippen LogP) is 2.63. The van der Waals surface area contributed by atoms with Gasteiger partial charge in [0.2, 0.25) is 5.95 Å². The molecule has 2 fully saturated rings. The Morgan fingerprint density at radius 1 is 1.19 bits per heavy atom. The van der Waals surface area contributed by atoms with Gasteiger partial charge in [-0.3, -0.25) is 0 Å². The van der Waals surface area contributed by atoms with Gasteiger partial charge in [-0.15, -0.1) is 0 Å². The fourth-order valence-corrected chi connectivity index (χ4v) is 2.46. The monoisotopic (exact) mass is 217 g/mol. The number of hydrogen-bond acceptors (Lipinski definition) is 3. The Labute approximate surface area is 96.7 Å². The van der Waals surface area contributed by atoms with Crippen molar-refractivity contribution in [2.45, 2.75) is 32.6 Å². The van der Waals surface area contributed by atoms with E-state index in [9.17, 15) is 0 Å². The van der Waals surface area contributed by atoms with Crippen molar-refractivity contribution in [3.8, 4) is 0 Å². The lowest BCUT2D eigenvalue weighted by Gasteiger charge is -2.15. The maximum Gasteiger partial charge on any atom is 0.222 e. The van der Waals surface area contributed by atoms with Crippen LogP contribution in [0.4, 0.5) is 5.95 Å². The molecule has 16 heavy (non-hydrogen) atoms. The first-order valence-electron chi connectivity index (χ1n) is 6.35. The van der Waals surface area contributed by atoms with Gasteiger partial charge >= 0.3 is 0 Å². The second-order valence-electron chi connectivity index (χ2n) is 5.30. The van der Waals surface area contributed by atoms with Crippen molar-refractivity contribution in [1.82, 2.24) is 9.97 Å². The fourth-order valence-electron chi connectivity index (χ4n) is 2.46. The minimum Gasteiger partial charge on any atom is -0.354 e. The Kier molecular flexibility index (Phi) is 2.54. The SMILES string of the molecule is Cc1cnc(NCC(C2CC2)C2CC2)nc1. The molecule has 0 spiro atoms. The van der Waals surface area contributed by atoms with E-state index in [-0.39, 0.29) is 0 Å². The molecule has 3 rings (SSSR count). The molecule has 0 saturated heterocycles. The van der Waals surface area contributed by atoms with Gasteiger partial charge in [-0.25, -0.2) is 9.97 Å². The molecule has 3 heteroatoms. The summed E-state index contributed by atoms with van der Waals surface area (Å²) < 4.78 is 0. The van der Waals surface area contributed by atoms with Crippen LogP contribution in [-0.2, 0) is 0 Å². The summed E-state index contributed by atoms with van der Waals surface area (Å²) in [5, 5.41) is 3.39. The summed E-state index contributed by atoms with van der Waals surface area (Å²) in [7, 11) is 0. The van der Waals surface area contributed by atoms with Crippen LogP contribution in [0.25, 0.3) is 0 Å². The highest BCUT2D eigenvalue weighted by atomic mass is 15.1. The number of aromatic nitrogens is 2. The molecule has 1 N–H and O–H groups in total. The van der Waals surface area contributed by atoms with Crippen LogP contribution >= 0.6 is 0 Å². The molecule has 0 aromatic carbocycles. The van der Waals surface area contributed by atoms with Gasteiger partial charge in [0.15, 0.2) is 0 Å². The van der Waals surface area contributed by atoms with Crippen LogP contribution in [0.2, 0.25) is 0 Å². The Balaban J connectivity index is 1.56. The maximum absolute atomic E-state index is 4.29. The van der Waals surface area contributed by atoms with E-state index in [1.165, 1.54) is 25.7 Å². The molecule has 0 amide bonds. The first-order chi connectivity index (χ1) is 7.83. The number of hydrogen-bond donors (Lipinski definition) is 1. The van der Waals surface area contributed by atoms with Gasteiger partial charge in [-0.05, 0) is 55.9 Å². The van der Waals surface area contributed by atoms with Crippen LogP contribution in [-0.4, -0.2) is 16.5 Å². The number of anilines is 1. The lowest BCUT2D eigenvalue weighted by atomic mass is 9.98. The van der Waals surface area contributed by atoms with Crippen molar-refractivity contribution in [2.24, 2.45) is 17.8 Å². The Morgan fingerprint density at radius 3 is 2.25 bits per heavy atom. The first-order valence-corrected chi connectivity index (χ1v) is 6.35. The van der Waals surface area contributed by atoms with Crippen LogP contribution in [0.1, 0.15) is 31.2 Å². The summed E-state index contributed by atoms with van der Waals surface area (Å²) in [6.45, 7) is 3.08. The summed E-state index contributed by atoms with van der Waals surface area (Å²) >= 11 is 0. The third-order valence-electron chi connectivity index (χ3n) is 3.73. The van der Waals surface area contributed by atoms with Gasteiger partial charge < -0.3 is 5.32 Å². The van der Waals surface area contributed by atoms with Gasteiger partial charge in [0, 0.05) is 18.9 Å². The predicted molar refractivity (Wildman–Crippen MR) is 64.2 cm³/mol. The van der Waals surface area contributed by atoms with E-state index in [1.54, 1.807) is 0 Å². The standard InChI is InChI=1S/C13H19N3/c1-9-6-14-13(15-7-9)16-8-12(10-2-3-10)11-4-5-11/h6-7,10-12H,2-5,8H2,1H3,(H,14,15,16). The molecule has 2 aliphatic carbocycles. The Bertz CT molecular complexity index is 340. The average molecular weight is 217 g/mol. The van der Waals surface area contributed by atoms with Gasteiger partial charge in [0.25, 0.3) is 0 Å². The first kappa shape index (κ1) is 10.1. The molecule has 0 bridgehead atoms. The van der Waals surface area contributed by atoms with Gasteiger partial charge in [0.05, 0.1) is 0 Å². The van der Waals surface area contributed by atoms with E-state index in [0.717, 1.165) is 35.8 Å². The average Bonchev–Trinajstić information content (AvgIpc) is 3.15. The third-order valence-corrected chi connectivity index (χ3v) is 3.73. The highest BCUT2D eigenvalue weighted by molar-refractivity contribution is 5.24. The maximum atomic E-state index is 4.29. The fraction of sp³-hybridized carbons (Fsp3) is 0.692. The van der Waals surface area contributed by atoms with Gasteiger partial charge in [-0.1, -0.05) is 0 Å². The summed E-state index contributed by atoms with van der Waals surface area (Å²) in [4.78, 5) is 8.57. The largest absolute Gasteiger partial charge is 0.354 e. The number of rotatable bonds is 5. The smallest absolute Gasteiger partial charge is 0.222 e. The number of aryl methyl sites for hydroxylation is 1. The van der Waals surface area contributed by atoms with Crippen molar-refractivity contribution in [1.29, 1.82) is 0 Å². The highest BCUT2D eigenvalue weighted by Gasteiger charge is 2.41. The zero-order chi connectivity index (χ0) is 11.0. The second kappa shape index (κ2) is 4.04. The van der Waals surface area contributed by atoms with Crippen LogP contribution in [0.5, 0.6) is 0 Å². The molecule has 2 saturated carbocycles. The zero-order valence-electron chi connectivity index (χ0n) is 9.82. The summed E-state index contributed by atoms with van der Waals surface area (Å²) in [5.41, 5.74) is 1.12. The van der Waals surface area contributed by atoms with E-state index in [0.29, 0.717) is 0 Å². The zero-order valence-corrected chi connectivity index (χ0v) is 9.82. The molecule has 0 unspecified atom stereocenters. The van der Waals surface area contributed by atoms with Crippen molar-refractivity contribution in [3.63, 3.8) is 0 Å². The van der Waals surface area contributed by atoms with Crippen molar-refractivity contribution < 1.29 is 0 Å². The van der Waals surface area contributed by atoms with Crippen LogP contribution in [0, 0.1) is 24.7 Å². The molecule has 0 radical (unpaired) electrons. The number of nitrogens with zero attached hydrogens (tertiary/aromatic N) is 2. The molecule has 0 atom stereocenters. The lowest BCUT2D eigenvalue weighted by Crippen LogP contribution is -2.19. The van der Waals surface area contributed by atoms with Gasteiger partial charge in [-0.2, -0.15) is 0 Å². The molecule has 0 aliphatic heterocycles. The number of nitrogens with one attached hydrogen (secondary N) is 1. The minimum atomic E-state index is 0.789. The van der Waals surface area contributed by atoms with Gasteiger partial charge in [0.1, 0.15) is 0 Å². The molecular formula is C13H19N3. The van der Waals surface area contributed by atoms with Crippen LogP contribution < -0.4 is 5.32 Å². The molecule has 2 aliphatic rings. The van der Waals surface area contributed by atoms with E-state index < -0.39 is 0 Å². The van der Waals surface area contributed by atoms with Crippen molar-refractivity contribution >= 4 is 5.95 Å². The van der Waals surface area contributed by atoms with Crippen molar-refractivity contribution in [2.75, 3.05) is 11.9 Å². The van der Waals surface area contributed by atoms with E-state index in [1.807, 2.05) is 19.3 Å². The molecule has 1 heterocycles. The van der Waals surface area contributed by atoms with Crippen LogP contribution in [0.15, 0.2) is 12.4 Å². The third kappa shape index (κ3) is 2.34. The topological polar surface area (TPSA) is 37.8 Å². The molecule has 3 nitrogen and oxygen atoms in total. The normalized spacial score (nSPS) is 20.1. The minimum absolute atomic E-state index is 0.789. The lowest BCUT2D eigenvalue weighted by molar-refractivity contribution is 0.427. The Hall–Kier alpha value is -1.12.